The second-order valence-electron chi connectivity index (χ2n) is 8.78. The average molecular weight is 477 g/mol. The molecule has 0 aliphatic heterocycles. The van der Waals surface area contributed by atoms with E-state index in [0.717, 1.165) is 41.0 Å². The van der Waals surface area contributed by atoms with Crippen molar-refractivity contribution >= 4 is 39.2 Å². The summed E-state index contributed by atoms with van der Waals surface area (Å²) in [5, 5.41) is 7.87. The van der Waals surface area contributed by atoms with Gasteiger partial charge in [0.25, 0.3) is 11.5 Å². The summed E-state index contributed by atoms with van der Waals surface area (Å²) in [6, 6.07) is 7.72. The van der Waals surface area contributed by atoms with Crippen molar-refractivity contribution in [1.29, 1.82) is 0 Å². The van der Waals surface area contributed by atoms with Crippen LogP contribution in [0.15, 0.2) is 41.6 Å². The van der Waals surface area contributed by atoms with Crippen molar-refractivity contribution in [3.8, 4) is 5.69 Å². The van der Waals surface area contributed by atoms with Gasteiger partial charge in [0.2, 0.25) is 5.91 Å². The molecule has 0 saturated carbocycles. The fraction of sp³-hybridized carbons (Fsp3) is 0.292. The maximum Gasteiger partial charge on any atom is 0.264 e. The number of aromatic nitrogens is 4. The molecular formula is C24H24N6O3S. The van der Waals surface area contributed by atoms with E-state index in [9.17, 15) is 14.4 Å². The van der Waals surface area contributed by atoms with E-state index in [1.165, 1.54) is 28.4 Å². The normalized spacial score (nSPS) is 15.3. The van der Waals surface area contributed by atoms with E-state index in [4.69, 9.17) is 5.73 Å². The van der Waals surface area contributed by atoms with Crippen molar-refractivity contribution in [3.63, 3.8) is 0 Å². The van der Waals surface area contributed by atoms with Crippen molar-refractivity contribution in [2.75, 3.05) is 5.32 Å². The number of carbonyl (C=O) groups is 2. The van der Waals surface area contributed by atoms with Crippen LogP contribution in [0.4, 0.5) is 5.00 Å². The number of thiophene rings is 1. The molecule has 5 rings (SSSR count). The Hall–Kier alpha value is -3.79. The summed E-state index contributed by atoms with van der Waals surface area (Å²) >= 11 is 1.39. The topological polar surface area (TPSA) is 125 Å². The molecule has 0 saturated heterocycles. The first kappa shape index (κ1) is 22.0. The van der Waals surface area contributed by atoms with Gasteiger partial charge in [0.05, 0.1) is 17.4 Å². The lowest BCUT2D eigenvalue weighted by atomic mass is 9.88. The maximum atomic E-state index is 13.0. The third-order valence-corrected chi connectivity index (χ3v) is 7.33. The Morgan fingerprint density at radius 3 is 2.76 bits per heavy atom. The van der Waals surface area contributed by atoms with Crippen molar-refractivity contribution in [1.82, 2.24) is 19.3 Å². The number of benzene rings is 1. The first-order valence-corrected chi connectivity index (χ1v) is 11.9. The second-order valence-corrected chi connectivity index (χ2v) is 9.88. The van der Waals surface area contributed by atoms with Crippen LogP contribution in [0, 0.1) is 12.8 Å². The Bertz CT molecular complexity index is 1480. The van der Waals surface area contributed by atoms with Crippen LogP contribution in [-0.4, -0.2) is 31.1 Å². The van der Waals surface area contributed by atoms with Crippen LogP contribution < -0.4 is 16.6 Å². The zero-order valence-electron chi connectivity index (χ0n) is 18.9. The Kier molecular flexibility index (Phi) is 5.52. The molecule has 174 valence electrons. The molecule has 3 heterocycles. The smallest absolute Gasteiger partial charge is 0.264 e. The van der Waals surface area contributed by atoms with Crippen molar-refractivity contribution in [3.05, 3.63) is 68.7 Å². The molecule has 2 amide bonds. The molecule has 0 fully saturated rings. The highest BCUT2D eigenvalue weighted by Crippen LogP contribution is 2.39. The fourth-order valence-corrected chi connectivity index (χ4v) is 5.79. The van der Waals surface area contributed by atoms with E-state index in [1.54, 1.807) is 4.68 Å². The molecule has 3 aromatic heterocycles. The summed E-state index contributed by atoms with van der Waals surface area (Å²) in [7, 11) is 0. The summed E-state index contributed by atoms with van der Waals surface area (Å²) in [6.45, 7) is 3.92. The van der Waals surface area contributed by atoms with Crippen LogP contribution in [0.25, 0.3) is 16.7 Å². The first-order valence-electron chi connectivity index (χ1n) is 11.1. The summed E-state index contributed by atoms with van der Waals surface area (Å²) < 4.78 is 2.83. The minimum Gasteiger partial charge on any atom is -0.365 e. The molecule has 9 nitrogen and oxygen atoms in total. The van der Waals surface area contributed by atoms with E-state index in [1.807, 2.05) is 31.2 Å². The van der Waals surface area contributed by atoms with Gasteiger partial charge in [0.1, 0.15) is 23.3 Å². The molecular weight excluding hydrogens is 452 g/mol. The molecule has 0 spiro atoms. The Morgan fingerprint density at radius 2 is 2.03 bits per heavy atom. The number of hydrogen-bond donors (Lipinski definition) is 2. The zero-order chi connectivity index (χ0) is 24.0. The van der Waals surface area contributed by atoms with Gasteiger partial charge in [0.15, 0.2) is 5.65 Å². The SMILES string of the molecule is Cc1ccc(-n2ncc3c(=O)n(CC(=O)Nc4sc5c(c4C(N)=O)CC[C@H](C)C5)cnc32)cc1. The summed E-state index contributed by atoms with van der Waals surface area (Å²) in [5.41, 5.74) is 8.92. The summed E-state index contributed by atoms with van der Waals surface area (Å²) in [6.07, 6.45) is 5.41. The Balaban J connectivity index is 1.40. The number of anilines is 1. The summed E-state index contributed by atoms with van der Waals surface area (Å²) in [4.78, 5) is 43.4. The Morgan fingerprint density at radius 1 is 1.26 bits per heavy atom. The number of rotatable bonds is 5. The van der Waals surface area contributed by atoms with E-state index >= 15 is 0 Å². The van der Waals surface area contributed by atoms with Crippen LogP contribution in [0.2, 0.25) is 0 Å². The number of nitrogens with one attached hydrogen (secondary N) is 1. The second kappa shape index (κ2) is 8.53. The van der Waals surface area contributed by atoms with Crippen molar-refractivity contribution in [2.24, 2.45) is 11.7 Å². The minimum absolute atomic E-state index is 0.241. The van der Waals surface area contributed by atoms with Gasteiger partial charge in [-0.15, -0.1) is 11.3 Å². The number of amides is 2. The van der Waals surface area contributed by atoms with E-state index in [2.05, 4.69) is 22.3 Å². The highest BCUT2D eigenvalue weighted by molar-refractivity contribution is 7.17. The highest BCUT2D eigenvalue weighted by Gasteiger charge is 2.27. The van der Waals surface area contributed by atoms with Gasteiger partial charge in [-0.2, -0.15) is 5.10 Å². The molecule has 3 N–H and O–H groups in total. The van der Waals surface area contributed by atoms with Crippen LogP contribution in [0.3, 0.4) is 0 Å². The lowest BCUT2D eigenvalue weighted by Crippen LogP contribution is -2.28. The van der Waals surface area contributed by atoms with Crippen molar-refractivity contribution in [2.45, 2.75) is 39.7 Å². The molecule has 0 bridgehead atoms. The number of nitrogens with zero attached hydrogens (tertiary/aromatic N) is 4. The summed E-state index contributed by atoms with van der Waals surface area (Å²) in [5.74, 6) is -0.456. The van der Waals surface area contributed by atoms with Gasteiger partial charge in [-0.25, -0.2) is 9.67 Å². The van der Waals surface area contributed by atoms with E-state index in [-0.39, 0.29) is 12.1 Å². The highest BCUT2D eigenvalue weighted by atomic mass is 32.1. The number of fused-ring (bicyclic) bond motifs is 2. The van der Waals surface area contributed by atoms with E-state index in [0.29, 0.717) is 27.5 Å². The maximum absolute atomic E-state index is 13.0. The third kappa shape index (κ3) is 3.90. The van der Waals surface area contributed by atoms with Gasteiger partial charge in [-0.3, -0.25) is 19.0 Å². The molecule has 1 aliphatic carbocycles. The van der Waals surface area contributed by atoms with Gasteiger partial charge in [-0.05, 0) is 49.8 Å². The molecule has 10 heteroatoms. The molecule has 34 heavy (non-hydrogen) atoms. The van der Waals surface area contributed by atoms with Crippen LogP contribution in [-0.2, 0) is 24.2 Å². The predicted molar refractivity (Wildman–Crippen MR) is 131 cm³/mol. The van der Waals surface area contributed by atoms with Gasteiger partial charge in [-0.1, -0.05) is 24.6 Å². The predicted octanol–water partition coefficient (Wildman–Crippen LogP) is 2.81. The largest absolute Gasteiger partial charge is 0.365 e. The quantitative estimate of drug-likeness (QED) is 0.458. The van der Waals surface area contributed by atoms with Crippen LogP contribution in [0.1, 0.15) is 39.7 Å². The van der Waals surface area contributed by atoms with Crippen molar-refractivity contribution < 1.29 is 9.59 Å². The monoisotopic (exact) mass is 476 g/mol. The number of nitrogens with two attached hydrogens (primary N) is 1. The van der Waals surface area contributed by atoms with Crippen LogP contribution >= 0.6 is 11.3 Å². The standard InChI is InChI=1S/C24H24N6O3S/c1-13-3-6-15(7-4-13)30-22-17(10-27-30)24(33)29(12-26-22)11-19(31)28-23-20(21(25)32)16-8-5-14(2)9-18(16)34-23/h3-4,6-7,10,12,14H,5,8-9,11H2,1-2H3,(H2,25,32)(H,28,31)/t14-/m0/s1. The average Bonchev–Trinajstić information content (AvgIpc) is 3.37. The minimum atomic E-state index is -0.550. The third-order valence-electron chi connectivity index (χ3n) is 6.16. The molecule has 1 aliphatic rings. The lowest BCUT2D eigenvalue weighted by Gasteiger charge is -2.18. The lowest BCUT2D eigenvalue weighted by molar-refractivity contribution is -0.116. The zero-order valence-corrected chi connectivity index (χ0v) is 19.7. The number of hydrogen-bond acceptors (Lipinski definition) is 6. The Labute approximate surface area is 199 Å². The number of primary amides is 1. The molecule has 1 aromatic carbocycles. The van der Waals surface area contributed by atoms with Crippen LogP contribution in [0.5, 0.6) is 0 Å². The molecule has 0 unspecified atom stereocenters. The van der Waals surface area contributed by atoms with Gasteiger partial charge < -0.3 is 11.1 Å². The molecule has 1 atom stereocenters. The van der Waals surface area contributed by atoms with Gasteiger partial charge >= 0.3 is 0 Å². The van der Waals surface area contributed by atoms with Gasteiger partial charge in [0, 0.05) is 4.88 Å². The molecule has 4 aromatic rings. The molecule has 0 radical (unpaired) electrons. The first-order chi connectivity index (χ1) is 16.3. The fourth-order valence-electron chi connectivity index (χ4n) is 4.36. The van der Waals surface area contributed by atoms with E-state index < -0.39 is 11.8 Å². The number of carbonyl (C=O) groups excluding carboxylic acids is 2. The number of aryl methyl sites for hydroxylation is 1.